The number of ether oxygens (including phenoxy) is 1. The molecular formula is C9H15F2NO3. The minimum Gasteiger partial charge on any atom is -0.441 e. The van der Waals surface area contributed by atoms with Crippen LogP contribution in [0.15, 0.2) is 0 Å². The Labute approximate surface area is 86.8 Å². The zero-order valence-electron chi connectivity index (χ0n) is 8.36. The highest BCUT2D eigenvalue weighted by Gasteiger charge is 2.24. The van der Waals surface area contributed by atoms with Crippen LogP contribution in [-0.4, -0.2) is 54.7 Å². The van der Waals surface area contributed by atoms with Gasteiger partial charge in [0.05, 0.1) is 6.10 Å². The van der Waals surface area contributed by atoms with Crippen molar-refractivity contribution in [1.82, 2.24) is 4.90 Å². The fraction of sp³-hybridized carbons (Fsp3) is 0.889. The first-order valence-electron chi connectivity index (χ1n) is 4.93. The number of nitrogens with zero attached hydrogens (tertiary/aromatic N) is 1. The molecule has 0 spiro atoms. The molecular weight excluding hydrogens is 208 g/mol. The first-order chi connectivity index (χ1) is 7.17. The van der Waals surface area contributed by atoms with E-state index in [4.69, 9.17) is 0 Å². The molecule has 6 heteroatoms. The van der Waals surface area contributed by atoms with Gasteiger partial charge in [-0.1, -0.05) is 0 Å². The van der Waals surface area contributed by atoms with Gasteiger partial charge in [-0.2, -0.15) is 0 Å². The third-order valence-electron chi connectivity index (χ3n) is 2.33. The molecule has 0 saturated carbocycles. The van der Waals surface area contributed by atoms with Gasteiger partial charge in [-0.15, -0.1) is 0 Å². The van der Waals surface area contributed by atoms with Gasteiger partial charge in [0.25, 0.3) is 0 Å². The second-order valence-corrected chi connectivity index (χ2v) is 3.53. The number of carbonyl (C=O) groups excluding carboxylic acids is 1. The van der Waals surface area contributed by atoms with Crippen molar-refractivity contribution in [2.75, 3.05) is 26.4 Å². The van der Waals surface area contributed by atoms with Crippen LogP contribution >= 0.6 is 0 Å². The van der Waals surface area contributed by atoms with Crippen LogP contribution in [-0.2, 0) is 4.74 Å². The number of halogens is 2. The molecule has 0 aromatic carbocycles. The first-order valence-corrected chi connectivity index (χ1v) is 4.93. The number of rotatable bonds is 3. The lowest BCUT2D eigenvalue weighted by Gasteiger charge is -2.29. The molecule has 4 nitrogen and oxygen atoms in total. The maximum atomic E-state index is 12.1. The van der Waals surface area contributed by atoms with Gasteiger partial charge in [-0.05, 0) is 12.8 Å². The average Bonchev–Trinajstić information content (AvgIpc) is 2.26. The van der Waals surface area contributed by atoms with E-state index >= 15 is 0 Å². The Morgan fingerprint density at radius 2 is 1.93 bits per heavy atom. The normalized spacial score (nSPS) is 18.3. The summed E-state index contributed by atoms with van der Waals surface area (Å²) in [5.41, 5.74) is 0. The number of amides is 1. The molecule has 0 bridgehead atoms. The van der Waals surface area contributed by atoms with Crippen LogP contribution in [0.3, 0.4) is 0 Å². The van der Waals surface area contributed by atoms with Crippen LogP contribution in [0.2, 0.25) is 0 Å². The zero-order valence-corrected chi connectivity index (χ0v) is 8.36. The van der Waals surface area contributed by atoms with Gasteiger partial charge in [0, 0.05) is 13.1 Å². The van der Waals surface area contributed by atoms with E-state index in [1.54, 1.807) is 0 Å². The van der Waals surface area contributed by atoms with Gasteiger partial charge in [-0.3, -0.25) is 0 Å². The standard InChI is InChI=1S/C9H15F2NO3/c10-5-8(6-11)15-9(14)12-3-1-7(13)2-4-12/h7-8,13H,1-6H2. The van der Waals surface area contributed by atoms with Crippen molar-refractivity contribution in [2.24, 2.45) is 0 Å². The molecule has 1 fully saturated rings. The summed E-state index contributed by atoms with van der Waals surface area (Å²) in [7, 11) is 0. The monoisotopic (exact) mass is 223 g/mol. The summed E-state index contributed by atoms with van der Waals surface area (Å²) in [6.45, 7) is -1.30. The summed E-state index contributed by atoms with van der Waals surface area (Å²) >= 11 is 0. The number of piperidine rings is 1. The summed E-state index contributed by atoms with van der Waals surface area (Å²) in [5, 5.41) is 9.18. The van der Waals surface area contributed by atoms with Crippen LogP contribution in [0.25, 0.3) is 0 Å². The molecule has 1 N–H and O–H groups in total. The van der Waals surface area contributed by atoms with Crippen molar-refractivity contribution in [3.63, 3.8) is 0 Å². The Bertz CT molecular complexity index is 204. The summed E-state index contributed by atoms with van der Waals surface area (Å²) in [4.78, 5) is 12.7. The molecule has 1 aliphatic heterocycles. The van der Waals surface area contributed by atoms with Gasteiger partial charge >= 0.3 is 6.09 Å². The van der Waals surface area contributed by atoms with E-state index < -0.39 is 31.7 Å². The maximum absolute atomic E-state index is 12.1. The summed E-state index contributed by atoms with van der Waals surface area (Å²) in [6, 6.07) is 0. The smallest absolute Gasteiger partial charge is 0.410 e. The summed E-state index contributed by atoms with van der Waals surface area (Å²) in [6.07, 6.45) is -1.45. The van der Waals surface area contributed by atoms with Crippen molar-refractivity contribution in [2.45, 2.75) is 25.0 Å². The molecule has 88 valence electrons. The highest BCUT2D eigenvalue weighted by atomic mass is 19.1. The van der Waals surface area contributed by atoms with Crippen molar-refractivity contribution < 1.29 is 23.4 Å². The Kier molecular flexibility index (Phi) is 4.74. The highest BCUT2D eigenvalue weighted by Crippen LogP contribution is 2.11. The maximum Gasteiger partial charge on any atom is 0.410 e. The quantitative estimate of drug-likeness (QED) is 0.773. The van der Waals surface area contributed by atoms with E-state index in [0.29, 0.717) is 25.9 Å². The van der Waals surface area contributed by atoms with Crippen LogP contribution in [0, 0.1) is 0 Å². The Morgan fingerprint density at radius 3 is 2.40 bits per heavy atom. The minimum atomic E-state index is -1.30. The topological polar surface area (TPSA) is 49.8 Å². The lowest BCUT2D eigenvalue weighted by Crippen LogP contribution is -2.42. The third-order valence-corrected chi connectivity index (χ3v) is 2.33. The fourth-order valence-electron chi connectivity index (χ4n) is 1.37. The van der Waals surface area contributed by atoms with E-state index in [2.05, 4.69) is 4.74 Å². The average molecular weight is 223 g/mol. The van der Waals surface area contributed by atoms with Gasteiger partial charge in [-0.25, -0.2) is 13.6 Å². The number of aliphatic hydroxyl groups excluding tert-OH is 1. The van der Waals surface area contributed by atoms with E-state index in [1.807, 2.05) is 0 Å². The first kappa shape index (κ1) is 12.2. The molecule has 0 radical (unpaired) electrons. The van der Waals surface area contributed by atoms with Crippen LogP contribution < -0.4 is 0 Å². The molecule has 1 rings (SSSR count). The molecule has 0 aromatic heterocycles. The molecule has 15 heavy (non-hydrogen) atoms. The predicted octanol–water partition coefficient (Wildman–Crippen LogP) is 0.887. The lowest BCUT2D eigenvalue weighted by atomic mass is 10.1. The number of hydrogen-bond acceptors (Lipinski definition) is 3. The summed E-state index contributed by atoms with van der Waals surface area (Å²) in [5.74, 6) is 0. The van der Waals surface area contributed by atoms with Crippen molar-refractivity contribution in [3.05, 3.63) is 0 Å². The number of alkyl halides is 2. The number of aliphatic hydroxyl groups is 1. The SMILES string of the molecule is O=C(OC(CF)CF)N1CCC(O)CC1. The molecule has 0 aromatic rings. The highest BCUT2D eigenvalue weighted by molar-refractivity contribution is 5.67. The molecule has 0 unspecified atom stereocenters. The number of carbonyl (C=O) groups is 1. The number of hydrogen-bond donors (Lipinski definition) is 1. The predicted molar refractivity (Wildman–Crippen MR) is 49.0 cm³/mol. The van der Waals surface area contributed by atoms with Crippen LogP contribution in [0.4, 0.5) is 13.6 Å². The van der Waals surface area contributed by atoms with Crippen LogP contribution in [0.5, 0.6) is 0 Å². The second-order valence-electron chi connectivity index (χ2n) is 3.53. The van der Waals surface area contributed by atoms with Gasteiger partial charge in [0.1, 0.15) is 13.3 Å². The van der Waals surface area contributed by atoms with E-state index in [9.17, 15) is 18.7 Å². The van der Waals surface area contributed by atoms with Crippen molar-refractivity contribution in [3.8, 4) is 0 Å². The molecule has 0 aliphatic carbocycles. The van der Waals surface area contributed by atoms with Crippen LogP contribution in [0.1, 0.15) is 12.8 Å². The molecule has 1 heterocycles. The third kappa shape index (κ3) is 3.62. The second kappa shape index (κ2) is 5.85. The Morgan fingerprint density at radius 1 is 1.40 bits per heavy atom. The largest absolute Gasteiger partial charge is 0.441 e. The summed E-state index contributed by atoms with van der Waals surface area (Å²) < 4.78 is 28.7. The van der Waals surface area contributed by atoms with Gasteiger partial charge < -0.3 is 14.7 Å². The molecule has 1 saturated heterocycles. The van der Waals surface area contributed by atoms with Crippen molar-refractivity contribution in [1.29, 1.82) is 0 Å². The Balaban J connectivity index is 2.33. The zero-order chi connectivity index (χ0) is 11.3. The van der Waals surface area contributed by atoms with E-state index in [1.165, 1.54) is 4.90 Å². The lowest BCUT2D eigenvalue weighted by molar-refractivity contribution is 0.0218. The fourth-order valence-corrected chi connectivity index (χ4v) is 1.37. The molecule has 0 atom stereocenters. The van der Waals surface area contributed by atoms with E-state index in [-0.39, 0.29) is 0 Å². The molecule has 1 amide bonds. The Hall–Kier alpha value is -0.910. The van der Waals surface area contributed by atoms with Gasteiger partial charge in [0.15, 0.2) is 6.10 Å². The molecule has 1 aliphatic rings. The minimum absolute atomic E-state index is 0.366. The van der Waals surface area contributed by atoms with Crippen molar-refractivity contribution >= 4 is 6.09 Å². The number of likely N-dealkylation sites (tertiary alicyclic amines) is 1. The van der Waals surface area contributed by atoms with E-state index in [0.717, 1.165) is 0 Å². The van der Waals surface area contributed by atoms with Gasteiger partial charge in [0.2, 0.25) is 0 Å².